The van der Waals surface area contributed by atoms with Gasteiger partial charge in [0.1, 0.15) is 16.8 Å². The number of halogens is 11. The first-order valence-corrected chi connectivity index (χ1v) is 15.2. The van der Waals surface area contributed by atoms with Crippen LogP contribution in [0.3, 0.4) is 0 Å². The lowest BCUT2D eigenvalue weighted by Gasteiger charge is -2.30. The first-order valence-electron chi connectivity index (χ1n) is 15.2. The smallest absolute Gasteiger partial charge is 0.432 e. The zero-order valence-corrected chi connectivity index (χ0v) is 26.5. The SMILES string of the molecule is Cn1c(Nc2cc(CNC(=O)c3cc(C(F)(F)F)[nH]n3)ccc2C(F)(F)F)nc2cc(C(=O)NC3CCC(C(F)(F)F)CC3)c(OCC(F)F)nc21. The van der Waals surface area contributed by atoms with Gasteiger partial charge in [0.05, 0.1) is 17.2 Å². The minimum atomic E-state index is -4.92. The lowest BCUT2D eigenvalue weighted by molar-refractivity contribution is -0.182. The van der Waals surface area contributed by atoms with Gasteiger partial charge in [0, 0.05) is 25.7 Å². The van der Waals surface area contributed by atoms with Crippen LogP contribution in [0.15, 0.2) is 30.3 Å². The highest BCUT2D eigenvalue weighted by Gasteiger charge is 2.42. The molecule has 0 atom stereocenters. The number of pyridine rings is 1. The normalized spacial score (nSPS) is 17.0. The van der Waals surface area contributed by atoms with Gasteiger partial charge in [-0.2, -0.15) is 49.6 Å². The molecular weight excluding hydrogens is 729 g/mol. The molecule has 4 N–H and O–H groups in total. The number of nitrogens with one attached hydrogen (secondary N) is 4. The maximum atomic E-state index is 14.0. The molecule has 0 saturated heterocycles. The van der Waals surface area contributed by atoms with E-state index >= 15 is 0 Å². The van der Waals surface area contributed by atoms with Crippen LogP contribution in [-0.4, -0.2) is 61.8 Å². The van der Waals surface area contributed by atoms with Gasteiger partial charge in [0.25, 0.3) is 18.2 Å². The molecule has 2 amide bonds. The monoisotopic (exact) mass is 756 g/mol. The van der Waals surface area contributed by atoms with Crippen LogP contribution in [-0.2, 0) is 25.9 Å². The number of amides is 2. The number of anilines is 2. The van der Waals surface area contributed by atoms with Crippen LogP contribution >= 0.6 is 0 Å². The van der Waals surface area contributed by atoms with Gasteiger partial charge in [-0.3, -0.25) is 19.3 Å². The van der Waals surface area contributed by atoms with Crippen LogP contribution in [0.4, 0.5) is 59.9 Å². The maximum absolute atomic E-state index is 14.0. The summed E-state index contributed by atoms with van der Waals surface area (Å²) in [5.41, 5.74) is -4.24. The van der Waals surface area contributed by atoms with Gasteiger partial charge >= 0.3 is 18.5 Å². The number of hydrogen-bond acceptors (Lipinski definition) is 7. The predicted octanol–water partition coefficient (Wildman–Crippen LogP) is 6.90. The zero-order chi connectivity index (χ0) is 38.2. The van der Waals surface area contributed by atoms with E-state index in [1.165, 1.54) is 7.05 Å². The lowest BCUT2D eigenvalue weighted by Crippen LogP contribution is -2.40. The second-order valence-corrected chi connectivity index (χ2v) is 11.8. The second kappa shape index (κ2) is 14.4. The highest BCUT2D eigenvalue weighted by Crippen LogP contribution is 2.39. The molecule has 282 valence electrons. The average Bonchev–Trinajstić information content (AvgIpc) is 3.67. The molecule has 0 spiro atoms. The summed E-state index contributed by atoms with van der Waals surface area (Å²) in [6.07, 6.45) is -17.6. The first kappa shape index (κ1) is 38.1. The molecule has 3 heterocycles. The number of carbonyl (C=O) groups excluding carboxylic acids is 2. The van der Waals surface area contributed by atoms with Crippen molar-refractivity contribution in [3.63, 3.8) is 0 Å². The number of hydrogen-bond donors (Lipinski definition) is 4. The first-order chi connectivity index (χ1) is 24.2. The van der Waals surface area contributed by atoms with Crippen molar-refractivity contribution in [3.8, 4) is 5.88 Å². The number of H-pyrrole nitrogens is 1. The lowest BCUT2D eigenvalue weighted by atomic mass is 9.85. The number of aromatic amines is 1. The molecule has 1 aromatic carbocycles. The number of benzene rings is 1. The molecule has 0 radical (unpaired) electrons. The highest BCUT2D eigenvalue weighted by molar-refractivity contribution is 5.99. The Labute approximate surface area is 285 Å². The average molecular weight is 757 g/mol. The number of alkyl halides is 11. The minimum Gasteiger partial charge on any atom is -0.471 e. The third-order valence-electron chi connectivity index (χ3n) is 8.13. The van der Waals surface area contributed by atoms with Crippen molar-refractivity contribution in [2.45, 2.75) is 63.2 Å². The fourth-order valence-electron chi connectivity index (χ4n) is 5.48. The summed E-state index contributed by atoms with van der Waals surface area (Å²) in [4.78, 5) is 33.9. The van der Waals surface area contributed by atoms with Gasteiger partial charge in [-0.1, -0.05) is 6.07 Å². The maximum Gasteiger partial charge on any atom is 0.432 e. The summed E-state index contributed by atoms with van der Waals surface area (Å²) in [5, 5.41) is 12.3. The molecule has 4 aromatic rings. The summed E-state index contributed by atoms with van der Waals surface area (Å²) in [7, 11) is 1.30. The summed E-state index contributed by atoms with van der Waals surface area (Å²) in [6.45, 7) is -1.63. The molecular formula is C30H27F11N8O3. The number of imidazole rings is 1. The van der Waals surface area contributed by atoms with Gasteiger partial charge < -0.3 is 20.7 Å². The van der Waals surface area contributed by atoms with E-state index in [0.29, 0.717) is 12.1 Å². The molecule has 0 aliphatic heterocycles. The van der Waals surface area contributed by atoms with Crippen molar-refractivity contribution in [1.29, 1.82) is 0 Å². The van der Waals surface area contributed by atoms with Crippen LogP contribution in [0.5, 0.6) is 5.88 Å². The summed E-state index contributed by atoms with van der Waals surface area (Å²) >= 11 is 0. The van der Waals surface area contributed by atoms with E-state index in [1.807, 2.05) is 0 Å². The van der Waals surface area contributed by atoms with Crippen molar-refractivity contribution in [1.82, 2.24) is 35.4 Å². The van der Waals surface area contributed by atoms with E-state index in [4.69, 9.17) is 4.74 Å². The quantitative estimate of drug-likeness (QED) is 0.129. The molecule has 1 saturated carbocycles. The van der Waals surface area contributed by atoms with E-state index in [9.17, 15) is 57.9 Å². The molecule has 22 heteroatoms. The Morgan fingerprint density at radius 1 is 0.942 bits per heavy atom. The number of aromatic nitrogens is 5. The molecule has 11 nitrogen and oxygen atoms in total. The molecule has 3 aromatic heterocycles. The molecule has 5 rings (SSSR count). The van der Waals surface area contributed by atoms with Gasteiger partial charge in [0.2, 0.25) is 11.8 Å². The van der Waals surface area contributed by atoms with Crippen molar-refractivity contribution < 1.29 is 62.6 Å². The molecule has 1 aliphatic carbocycles. The highest BCUT2D eigenvalue weighted by atomic mass is 19.4. The van der Waals surface area contributed by atoms with Gasteiger partial charge in [0.15, 0.2) is 17.9 Å². The van der Waals surface area contributed by atoms with Crippen molar-refractivity contribution in [3.05, 3.63) is 58.4 Å². The Bertz CT molecular complexity index is 1930. The van der Waals surface area contributed by atoms with Crippen LogP contribution in [0.1, 0.15) is 63.4 Å². The third kappa shape index (κ3) is 8.81. The standard InChI is InChI=1S/C30H27F11N8O3/c1-49-23-19(9-16(26(46-23)52-12-22(31)32)24(50)43-15-5-3-14(4-6-15)28(33,34)35)45-27(49)44-18-8-13(2-7-17(18)29(36,37)38)11-42-25(51)20-10-21(48-47-20)30(39,40)41/h2,7-10,14-15,22H,3-6,11-12H2,1H3,(H,42,51)(H,43,50)(H,44,45)(H,47,48). The molecule has 0 bridgehead atoms. The second-order valence-electron chi connectivity index (χ2n) is 11.8. The summed E-state index contributed by atoms with van der Waals surface area (Å²) < 4.78 is 152. The van der Waals surface area contributed by atoms with Crippen molar-refractivity contribution in [2.24, 2.45) is 13.0 Å². The largest absolute Gasteiger partial charge is 0.471 e. The van der Waals surface area contributed by atoms with Crippen LogP contribution in [0.25, 0.3) is 11.2 Å². The number of ether oxygens (including phenoxy) is 1. The number of nitrogens with zero attached hydrogens (tertiary/aromatic N) is 4. The van der Waals surface area contributed by atoms with Crippen LogP contribution in [0, 0.1) is 5.92 Å². The Morgan fingerprint density at radius 2 is 1.63 bits per heavy atom. The summed E-state index contributed by atoms with van der Waals surface area (Å²) in [5.74, 6) is -4.36. The fourth-order valence-corrected chi connectivity index (χ4v) is 5.48. The number of rotatable bonds is 10. The van der Waals surface area contributed by atoms with E-state index in [0.717, 1.165) is 22.8 Å². The Morgan fingerprint density at radius 3 is 2.23 bits per heavy atom. The molecule has 1 aliphatic rings. The van der Waals surface area contributed by atoms with Gasteiger partial charge in [-0.05, 0) is 49.4 Å². The van der Waals surface area contributed by atoms with E-state index in [1.54, 1.807) is 5.10 Å². The number of aryl methyl sites for hydroxylation is 1. The third-order valence-corrected chi connectivity index (χ3v) is 8.13. The van der Waals surface area contributed by atoms with Crippen molar-refractivity contribution in [2.75, 3.05) is 11.9 Å². The molecule has 52 heavy (non-hydrogen) atoms. The number of carbonyl (C=O) groups is 2. The predicted molar refractivity (Wildman–Crippen MR) is 159 cm³/mol. The molecule has 0 unspecified atom stereocenters. The Kier molecular flexibility index (Phi) is 10.6. The van der Waals surface area contributed by atoms with Crippen LogP contribution in [0.2, 0.25) is 0 Å². The van der Waals surface area contributed by atoms with E-state index in [-0.39, 0.29) is 48.4 Å². The zero-order valence-electron chi connectivity index (χ0n) is 26.5. The number of fused-ring (bicyclic) bond motifs is 1. The summed E-state index contributed by atoms with van der Waals surface area (Å²) in [6, 6.07) is 3.55. The van der Waals surface area contributed by atoms with E-state index < -0.39 is 96.0 Å². The Hall–Kier alpha value is -5.18. The van der Waals surface area contributed by atoms with E-state index in [2.05, 4.69) is 31.0 Å². The minimum absolute atomic E-state index is 0.0112. The fraction of sp³-hybridized carbons (Fsp3) is 0.433. The van der Waals surface area contributed by atoms with Crippen molar-refractivity contribution >= 4 is 34.6 Å². The van der Waals surface area contributed by atoms with Gasteiger partial charge in [-0.15, -0.1) is 0 Å². The molecule has 1 fully saturated rings. The topological polar surface area (TPSA) is 139 Å². The van der Waals surface area contributed by atoms with Gasteiger partial charge in [-0.25, -0.2) is 13.8 Å². The van der Waals surface area contributed by atoms with Crippen LogP contribution < -0.4 is 20.7 Å². The Balaban J connectivity index is 1.40.